The second-order valence-electron chi connectivity index (χ2n) is 10.0. The Balaban J connectivity index is 1.44. The van der Waals surface area contributed by atoms with Gasteiger partial charge < -0.3 is 14.3 Å². The van der Waals surface area contributed by atoms with Gasteiger partial charge in [0.1, 0.15) is 5.69 Å². The van der Waals surface area contributed by atoms with Crippen LogP contribution >= 0.6 is 11.3 Å². The number of aromatic nitrogens is 1. The van der Waals surface area contributed by atoms with Gasteiger partial charge in [-0.25, -0.2) is 8.42 Å². The number of carbonyl (C=O) groups is 1. The number of hydrogen-bond acceptors (Lipinski definition) is 7. The van der Waals surface area contributed by atoms with E-state index in [1.165, 1.54) is 4.31 Å². The molecular weight excluding hydrogens is 520 g/mol. The lowest BCUT2D eigenvalue weighted by atomic mass is 9.96. The highest BCUT2D eigenvalue weighted by Gasteiger charge is 2.37. The van der Waals surface area contributed by atoms with E-state index in [-0.39, 0.29) is 35.6 Å². The molecule has 1 fully saturated rings. The van der Waals surface area contributed by atoms with Crippen LogP contribution in [0.1, 0.15) is 40.3 Å². The van der Waals surface area contributed by atoms with Gasteiger partial charge >= 0.3 is 0 Å². The molecular formula is C28H36N4O4S2. The second kappa shape index (κ2) is 12.4. The molecule has 0 aliphatic carbocycles. The van der Waals surface area contributed by atoms with Gasteiger partial charge in [0.25, 0.3) is 0 Å². The fourth-order valence-corrected chi connectivity index (χ4v) is 7.00. The van der Waals surface area contributed by atoms with Gasteiger partial charge in [0.2, 0.25) is 15.9 Å². The number of nitrogens with zero attached hydrogens (tertiary/aromatic N) is 4. The minimum Gasteiger partial charge on any atom is -0.355 e. The summed E-state index contributed by atoms with van der Waals surface area (Å²) in [5, 5.41) is 5.96. The number of amides is 1. The van der Waals surface area contributed by atoms with Crippen LogP contribution in [0.15, 0.2) is 51.2 Å². The minimum atomic E-state index is -3.83. The molecule has 0 N–H and O–H groups in total. The summed E-state index contributed by atoms with van der Waals surface area (Å²) >= 11 is 1.64. The van der Waals surface area contributed by atoms with Crippen LogP contribution < -0.4 is 0 Å². The molecule has 1 aromatic carbocycles. The van der Waals surface area contributed by atoms with Gasteiger partial charge in [-0.3, -0.25) is 4.79 Å². The van der Waals surface area contributed by atoms with E-state index < -0.39 is 10.0 Å². The average molecular weight is 557 g/mol. The number of aryl methyl sites for hydroxylation is 2. The maximum atomic E-state index is 13.6. The molecule has 204 valence electrons. The highest BCUT2D eigenvalue weighted by Crippen LogP contribution is 2.30. The number of benzene rings is 1. The van der Waals surface area contributed by atoms with Crippen LogP contribution in [0.4, 0.5) is 0 Å². The molecule has 1 aliphatic heterocycles. The van der Waals surface area contributed by atoms with Crippen molar-refractivity contribution < 1.29 is 17.7 Å². The highest BCUT2D eigenvalue weighted by atomic mass is 32.2. The normalized spacial score (nSPS) is 15.5. The van der Waals surface area contributed by atoms with Crippen molar-refractivity contribution in [3.05, 3.63) is 69.2 Å². The van der Waals surface area contributed by atoms with Crippen LogP contribution in [0.3, 0.4) is 0 Å². The third-order valence-electron chi connectivity index (χ3n) is 6.79. The van der Waals surface area contributed by atoms with Gasteiger partial charge in [0, 0.05) is 37.0 Å². The van der Waals surface area contributed by atoms with E-state index in [0.29, 0.717) is 31.6 Å². The van der Waals surface area contributed by atoms with Gasteiger partial charge in [0.15, 0.2) is 10.7 Å². The van der Waals surface area contributed by atoms with Gasteiger partial charge in [-0.1, -0.05) is 47.1 Å². The van der Waals surface area contributed by atoms with Crippen molar-refractivity contribution in [2.45, 2.75) is 38.1 Å². The molecule has 10 heteroatoms. The first-order chi connectivity index (χ1) is 18.1. The third kappa shape index (κ3) is 6.79. The van der Waals surface area contributed by atoms with Crippen molar-refractivity contribution in [3.63, 3.8) is 0 Å². The van der Waals surface area contributed by atoms with E-state index in [4.69, 9.17) is 4.52 Å². The summed E-state index contributed by atoms with van der Waals surface area (Å²) in [7, 11) is 0.161. The molecule has 38 heavy (non-hydrogen) atoms. The number of thiophene rings is 1. The fourth-order valence-electron chi connectivity index (χ4n) is 4.56. The summed E-state index contributed by atoms with van der Waals surface area (Å²) in [6.45, 7) is 6.22. The lowest BCUT2D eigenvalue weighted by Crippen LogP contribution is -2.45. The van der Waals surface area contributed by atoms with Gasteiger partial charge in [-0.15, -0.1) is 11.3 Å². The van der Waals surface area contributed by atoms with Gasteiger partial charge in [0.05, 0.1) is 6.54 Å². The molecule has 2 aromatic heterocycles. The molecule has 1 amide bonds. The Morgan fingerprint density at radius 3 is 2.45 bits per heavy atom. The molecule has 1 aliphatic rings. The van der Waals surface area contributed by atoms with Crippen LogP contribution in [-0.4, -0.2) is 73.9 Å². The Hall–Kier alpha value is -2.79. The van der Waals surface area contributed by atoms with Crippen molar-refractivity contribution >= 4 is 39.4 Å². The first kappa shape index (κ1) is 28.2. The maximum absolute atomic E-state index is 13.6. The Bertz CT molecular complexity index is 1340. The lowest BCUT2D eigenvalue weighted by molar-refractivity contribution is -0.137. The molecule has 0 bridgehead atoms. The first-order valence-electron chi connectivity index (χ1n) is 12.8. The Labute approximate surface area is 229 Å². The molecule has 0 atom stereocenters. The first-order valence-corrected chi connectivity index (χ1v) is 15.1. The number of likely N-dealkylation sites (N-methyl/N-ethyl adjacent to an activating group) is 1. The standard InChI is InChI=1S/C28H36N4O4S2/c1-21-7-9-23(10-8-21)11-12-26-27(22(2)29-36-26)38(34,35)32-15-13-24(14-16-32)28(33)31(18-17-30(3)4)20-25-6-5-19-37-25/h5-12,19,24H,13-18,20H2,1-4H3/b12-11+. The summed E-state index contributed by atoms with van der Waals surface area (Å²) in [4.78, 5) is 18.7. The predicted octanol–water partition coefficient (Wildman–Crippen LogP) is 4.51. The summed E-state index contributed by atoms with van der Waals surface area (Å²) in [5.74, 6) is 0.111. The van der Waals surface area contributed by atoms with Crippen molar-refractivity contribution in [3.8, 4) is 0 Å². The van der Waals surface area contributed by atoms with Crippen LogP contribution in [0, 0.1) is 19.8 Å². The molecule has 1 saturated heterocycles. The topological polar surface area (TPSA) is 87.0 Å². The molecule has 0 spiro atoms. The Morgan fingerprint density at radius 2 is 1.82 bits per heavy atom. The second-order valence-corrected chi connectivity index (χ2v) is 12.9. The molecule has 0 saturated carbocycles. The Morgan fingerprint density at radius 1 is 1.11 bits per heavy atom. The van der Waals surface area contributed by atoms with E-state index in [9.17, 15) is 13.2 Å². The Kier molecular flexibility index (Phi) is 9.19. The van der Waals surface area contributed by atoms with Crippen molar-refractivity contribution in [1.82, 2.24) is 19.3 Å². The molecule has 3 aromatic rings. The van der Waals surface area contributed by atoms with E-state index in [1.54, 1.807) is 24.3 Å². The van der Waals surface area contributed by atoms with E-state index >= 15 is 0 Å². The summed E-state index contributed by atoms with van der Waals surface area (Å²) in [6.07, 6.45) is 4.44. The number of carbonyl (C=O) groups excluding carboxylic acids is 1. The zero-order chi connectivity index (χ0) is 27.3. The molecule has 0 radical (unpaired) electrons. The van der Waals surface area contributed by atoms with Crippen LogP contribution in [0.2, 0.25) is 0 Å². The minimum absolute atomic E-state index is 0.0935. The maximum Gasteiger partial charge on any atom is 0.248 e. The molecule has 3 heterocycles. The summed E-state index contributed by atoms with van der Waals surface area (Å²) < 4.78 is 34.1. The SMILES string of the molecule is Cc1ccc(/C=C/c2onc(C)c2S(=O)(=O)N2CCC(C(=O)N(CCN(C)C)Cc3cccs3)CC2)cc1. The monoisotopic (exact) mass is 556 g/mol. The molecule has 0 unspecified atom stereocenters. The summed E-state index contributed by atoms with van der Waals surface area (Å²) in [5.41, 5.74) is 2.42. The van der Waals surface area contributed by atoms with E-state index in [1.807, 2.05) is 73.8 Å². The lowest BCUT2D eigenvalue weighted by Gasteiger charge is -2.34. The number of sulfonamides is 1. The molecule has 8 nitrogen and oxygen atoms in total. The van der Waals surface area contributed by atoms with Gasteiger partial charge in [-0.05, 0) is 63.9 Å². The van der Waals surface area contributed by atoms with Crippen molar-refractivity contribution in [2.75, 3.05) is 40.3 Å². The van der Waals surface area contributed by atoms with E-state index in [0.717, 1.165) is 22.5 Å². The van der Waals surface area contributed by atoms with E-state index in [2.05, 4.69) is 10.1 Å². The van der Waals surface area contributed by atoms with Crippen molar-refractivity contribution in [2.24, 2.45) is 5.92 Å². The highest BCUT2D eigenvalue weighted by molar-refractivity contribution is 7.89. The fraction of sp³-hybridized carbons (Fsp3) is 0.429. The third-order valence-corrected chi connectivity index (χ3v) is 9.71. The zero-order valence-electron chi connectivity index (χ0n) is 22.5. The smallest absolute Gasteiger partial charge is 0.248 e. The van der Waals surface area contributed by atoms with Crippen LogP contribution in [-0.2, 0) is 21.4 Å². The predicted molar refractivity (Wildman–Crippen MR) is 151 cm³/mol. The largest absolute Gasteiger partial charge is 0.355 e. The number of rotatable bonds is 10. The van der Waals surface area contributed by atoms with Crippen molar-refractivity contribution in [1.29, 1.82) is 0 Å². The van der Waals surface area contributed by atoms with Crippen LogP contribution in [0.5, 0.6) is 0 Å². The zero-order valence-corrected chi connectivity index (χ0v) is 24.1. The van der Waals surface area contributed by atoms with Gasteiger partial charge in [-0.2, -0.15) is 4.31 Å². The quantitative estimate of drug-likeness (QED) is 0.365. The number of piperidine rings is 1. The van der Waals surface area contributed by atoms with Crippen LogP contribution in [0.25, 0.3) is 12.2 Å². The average Bonchev–Trinajstić information content (AvgIpc) is 3.55. The summed E-state index contributed by atoms with van der Waals surface area (Å²) in [6, 6.07) is 12.0. The number of hydrogen-bond donors (Lipinski definition) is 0. The molecule has 4 rings (SSSR count).